The number of aliphatic carboxylic acids is 2. The number of carbonyl (C=O) groups is 2. The zero-order chi connectivity index (χ0) is 15.4. The molecule has 1 saturated heterocycles. The molecule has 7 heteroatoms. The van der Waals surface area contributed by atoms with Crippen molar-refractivity contribution in [2.45, 2.75) is 13.0 Å². The van der Waals surface area contributed by atoms with E-state index in [-0.39, 0.29) is 0 Å². The number of amidine groups is 1. The van der Waals surface area contributed by atoms with Gasteiger partial charge in [0.15, 0.2) is 5.17 Å². The molecular formula is C14H16N2O4S. The molecule has 1 aromatic rings. The van der Waals surface area contributed by atoms with Crippen LogP contribution in [0, 0.1) is 6.92 Å². The second kappa shape index (κ2) is 6.62. The van der Waals surface area contributed by atoms with Gasteiger partial charge in [-0.2, -0.15) is 0 Å². The molecule has 0 amide bonds. The van der Waals surface area contributed by atoms with E-state index in [1.807, 2.05) is 11.8 Å². The Morgan fingerprint density at radius 3 is 2.62 bits per heavy atom. The molecule has 0 aliphatic carbocycles. The Hall–Kier alpha value is -2.02. The summed E-state index contributed by atoms with van der Waals surface area (Å²) in [6.45, 7) is 4.39. The van der Waals surface area contributed by atoms with Crippen LogP contribution in [0.4, 0.5) is 0 Å². The predicted octanol–water partition coefficient (Wildman–Crippen LogP) is 1.61. The van der Waals surface area contributed by atoms with Crippen LogP contribution < -0.4 is 0 Å². The predicted molar refractivity (Wildman–Crippen MR) is 80.7 cm³/mol. The summed E-state index contributed by atoms with van der Waals surface area (Å²) < 4.78 is 0. The van der Waals surface area contributed by atoms with Crippen LogP contribution in [0.15, 0.2) is 29.3 Å². The van der Waals surface area contributed by atoms with Crippen molar-refractivity contribution in [1.29, 1.82) is 0 Å². The van der Waals surface area contributed by atoms with Gasteiger partial charge in [-0.05, 0) is 12.5 Å². The second-order valence-corrected chi connectivity index (χ2v) is 5.81. The number of carboxylic acid groups (broad SMARTS) is 2. The molecule has 6 nitrogen and oxygen atoms in total. The van der Waals surface area contributed by atoms with Crippen LogP contribution in [0.25, 0.3) is 0 Å². The molecule has 1 fully saturated rings. The highest BCUT2D eigenvalue weighted by Crippen LogP contribution is 2.32. The number of benzene rings is 1. The summed E-state index contributed by atoms with van der Waals surface area (Å²) >= 11 is 1.89. The molecule has 0 radical (unpaired) electrons. The zero-order valence-corrected chi connectivity index (χ0v) is 12.3. The van der Waals surface area contributed by atoms with Crippen LogP contribution in [-0.4, -0.2) is 51.1 Å². The highest BCUT2D eigenvalue weighted by Gasteiger charge is 2.29. The molecule has 3 rings (SSSR count). The normalized spacial score (nSPS) is 19.4. The first-order chi connectivity index (χ1) is 9.97. The molecule has 0 bridgehead atoms. The molecular weight excluding hydrogens is 292 g/mol. The molecule has 0 saturated carbocycles. The van der Waals surface area contributed by atoms with Gasteiger partial charge in [0.05, 0.1) is 6.04 Å². The van der Waals surface area contributed by atoms with Crippen molar-refractivity contribution in [3.8, 4) is 0 Å². The summed E-state index contributed by atoms with van der Waals surface area (Å²) in [5, 5.41) is 16.0. The van der Waals surface area contributed by atoms with Gasteiger partial charge in [0.25, 0.3) is 0 Å². The van der Waals surface area contributed by atoms with Gasteiger partial charge >= 0.3 is 11.9 Å². The first-order valence-corrected chi connectivity index (χ1v) is 7.44. The molecule has 2 aliphatic heterocycles. The topological polar surface area (TPSA) is 90.2 Å². The molecule has 0 spiro atoms. The summed E-state index contributed by atoms with van der Waals surface area (Å²) in [5.74, 6) is -2.44. The van der Waals surface area contributed by atoms with Crippen molar-refractivity contribution in [2.24, 2.45) is 4.99 Å². The molecule has 112 valence electrons. The quantitative estimate of drug-likeness (QED) is 0.766. The maximum Gasteiger partial charge on any atom is 0.414 e. The Morgan fingerprint density at radius 1 is 1.33 bits per heavy atom. The van der Waals surface area contributed by atoms with Gasteiger partial charge in [0, 0.05) is 18.8 Å². The van der Waals surface area contributed by atoms with Gasteiger partial charge < -0.3 is 15.1 Å². The number of nitrogens with zero attached hydrogens (tertiary/aromatic N) is 2. The Bertz CT molecular complexity index is 576. The fourth-order valence-electron chi connectivity index (χ4n) is 2.16. The third kappa shape index (κ3) is 3.98. The lowest BCUT2D eigenvalue weighted by Crippen LogP contribution is -2.21. The van der Waals surface area contributed by atoms with Crippen LogP contribution in [-0.2, 0) is 9.59 Å². The fraction of sp³-hybridized carbons (Fsp3) is 0.357. The number of carboxylic acids is 2. The van der Waals surface area contributed by atoms with Gasteiger partial charge in [-0.3, -0.25) is 4.99 Å². The molecule has 2 aliphatic rings. The maximum absolute atomic E-state index is 9.10. The summed E-state index contributed by atoms with van der Waals surface area (Å²) in [7, 11) is 0. The summed E-state index contributed by atoms with van der Waals surface area (Å²) in [4.78, 5) is 25.4. The highest BCUT2D eigenvalue weighted by atomic mass is 32.2. The number of thioether (sulfide) groups is 1. The first kappa shape index (κ1) is 15.4. The van der Waals surface area contributed by atoms with Crippen LogP contribution >= 0.6 is 11.8 Å². The van der Waals surface area contributed by atoms with E-state index in [1.54, 1.807) is 0 Å². The second-order valence-electron chi connectivity index (χ2n) is 4.75. The average Bonchev–Trinajstić information content (AvgIpc) is 2.99. The van der Waals surface area contributed by atoms with Gasteiger partial charge in [-0.15, -0.1) is 0 Å². The molecule has 1 aromatic carbocycles. The smallest absolute Gasteiger partial charge is 0.414 e. The summed E-state index contributed by atoms with van der Waals surface area (Å²) in [6, 6.07) is 9.08. The van der Waals surface area contributed by atoms with Gasteiger partial charge in [0.2, 0.25) is 0 Å². The zero-order valence-electron chi connectivity index (χ0n) is 11.5. The largest absolute Gasteiger partial charge is 0.473 e. The first-order valence-electron chi connectivity index (χ1n) is 6.45. The lowest BCUT2D eigenvalue weighted by atomic mass is 10.1. The van der Waals surface area contributed by atoms with Crippen molar-refractivity contribution in [3.05, 3.63) is 35.4 Å². The lowest BCUT2D eigenvalue weighted by molar-refractivity contribution is -0.159. The number of fused-ring (bicyclic) bond motifs is 1. The third-order valence-corrected chi connectivity index (χ3v) is 4.14. The fourth-order valence-corrected chi connectivity index (χ4v) is 3.21. The average molecular weight is 308 g/mol. The molecule has 2 N–H and O–H groups in total. The van der Waals surface area contributed by atoms with Crippen LogP contribution in [0.5, 0.6) is 0 Å². The van der Waals surface area contributed by atoms with E-state index in [0.29, 0.717) is 6.04 Å². The van der Waals surface area contributed by atoms with Crippen molar-refractivity contribution >= 4 is 28.9 Å². The Labute approximate surface area is 126 Å². The van der Waals surface area contributed by atoms with E-state index in [2.05, 4.69) is 36.1 Å². The van der Waals surface area contributed by atoms with E-state index in [4.69, 9.17) is 24.8 Å². The van der Waals surface area contributed by atoms with Crippen LogP contribution in [0.3, 0.4) is 0 Å². The standard InChI is InChI=1S/C12H14N2S.C2H2O4/c1-9-3-2-4-10(7-9)11-8-14-5-6-15-12(14)13-11;3-1(4)2(5)6/h2-4,7,11H,5-6,8H2,1H3;(H,3,4)(H,5,6). The Kier molecular flexibility index (Phi) is 4.85. The minimum Gasteiger partial charge on any atom is -0.473 e. The van der Waals surface area contributed by atoms with Gasteiger partial charge in [0.1, 0.15) is 0 Å². The van der Waals surface area contributed by atoms with Crippen molar-refractivity contribution in [3.63, 3.8) is 0 Å². The van der Waals surface area contributed by atoms with Crippen LogP contribution in [0.2, 0.25) is 0 Å². The Balaban J connectivity index is 0.000000232. The van der Waals surface area contributed by atoms with Crippen molar-refractivity contribution < 1.29 is 19.8 Å². The molecule has 1 unspecified atom stereocenters. The minimum atomic E-state index is -1.82. The van der Waals surface area contributed by atoms with E-state index in [9.17, 15) is 0 Å². The Morgan fingerprint density at radius 2 is 2.05 bits per heavy atom. The lowest BCUT2D eigenvalue weighted by Gasteiger charge is -2.13. The van der Waals surface area contributed by atoms with Crippen LogP contribution in [0.1, 0.15) is 17.2 Å². The SMILES string of the molecule is Cc1cccc(C2CN3CCSC3=N2)c1.O=C(O)C(=O)O. The monoisotopic (exact) mass is 308 g/mol. The minimum absolute atomic E-state index is 0.368. The van der Waals surface area contributed by atoms with E-state index < -0.39 is 11.9 Å². The van der Waals surface area contributed by atoms with Crippen molar-refractivity contribution in [1.82, 2.24) is 4.90 Å². The number of aliphatic imine (C=N–C) groups is 1. The summed E-state index contributed by atoms with van der Waals surface area (Å²) in [6.07, 6.45) is 0. The molecule has 2 heterocycles. The molecule has 1 atom stereocenters. The van der Waals surface area contributed by atoms with Crippen molar-refractivity contribution in [2.75, 3.05) is 18.8 Å². The summed E-state index contributed by atoms with van der Waals surface area (Å²) in [5.41, 5.74) is 2.69. The van der Waals surface area contributed by atoms with Gasteiger partial charge in [-0.1, -0.05) is 41.6 Å². The highest BCUT2D eigenvalue weighted by molar-refractivity contribution is 8.14. The number of aryl methyl sites for hydroxylation is 1. The van der Waals surface area contributed by atoms with E-state index >= 15 is 0 Å². The number of rotatable bonds is 1. The number of hydrogen-bond acceptors (Lipinski definition) is 5. The third-order valence-electron chi connectivity index (χ3n) is 3.13. The molecule has 21 heavy (non-hydrogen) atoms. The maximum atomic E-state index is 9.10. The molecule has 0 aromatic heterocycles. The van der Waals surface area contributed by atoms with Gasteiger partial charge in [-0.25, -0.2) is 9.59 Å². The van der Waals surface area contributed by atoms with E-state index in [1.165, 1.54) is 28.6 Å². The number of hydrogen-bond donors (Lipinski definition) is 2. The van der Waals surface area contributed by atoms with E-state index in [0.717, 1.165) is 6.54 Å².